The highest BCUT2D eigenvalue weighted by atomic mass is 16.4. The van der Waals surface area contributed by atoms with Crippen LogP contribution in [0.25, 0.3) is 0 Å². The van der Waals surface area contributed by atoms with Crippen LogP contribution in [0.3, 0.4) is 0 Å². The second-order valence-corrected chi connectivity index (χ2v) is 4.26. The minimum Gasteiger partial charge on any atom is -0.480 e. The van der Waals surface area contributed by atoms with E-state index >= 15 is 0 Å². The van der Waals surface area contributed by atoms with Gasteiger partial charge in [0.2, 0.25) is 0 Å². The second-order valence-electron chi connectivity index (χ2n) is 4.26. The first kappa shape index (κ1) is 11.6. The Morgan fingerprint density at radius 1 is 1.29 bits per heavy atom. The van der Waals surface area contributed by atoms with Crippen molar-refractivity contribution in [2.24, 2.45) is 11.7 Å². The summed E-state index contributed by atoms with van der Waals surface area (Å²) in [5, 5.41) is 17.8. The summed E-state index contributed by atoms with van der Waals surface area (Å²) < 4.78 is 0. The molecule has 1 saturated carbocycles. The van der Waals surface area contributed by atoms with E-state index in [-0.39, 0.29) is 17.4 Å². The largest absolute Gasteiger partial charge is 0.480 e. The van der Waals surface area contributed by atoms with Gasteiger partial charge in [-0.25, -0.2) is 4.79 Å². The van der Waals surface area contributed by atoms with E-state index < -0.39 is 18.0 Å². The minimum absolute atomic E-state index is 0.0478. The summed E-state index contributed by atoms with van der Waals surface area (Å²) in [7, 11) is 0. The maximum atomic E-state index is 11.0. The average molecular weight is 235 g/mol. The van der Waals surface area contributed by atoms with Gasteiger partial charge >= 0.3 is 11.9 Å². The molecule has 4 N–H and O–H groups in total. The smallest absolute Gasteiger partial charge is 0.335 e. The number of aromatic carboxylic acids is 1. The van der Waals surface area contributed by atoms with Crippen molar-refractivity contribution < 1.29 is 19.8 Å². The van der Waals surface area contributed by atoms with E-state index in [1.165, 1.54) is 6.07 Å². The molecule has 17 heavy (non-hydrogen) atoms. The third-order valence-electron chi connectivity index (χ3n) is 3.18. The molecule has 0 saturated heterocycles. The van der Waals surface area contributed by atoms with Crippen LogP contribution < -0.4 is 5.73 Å². The Kier molecular flexibility index (Phi) is 2.85. The fraction of sp³-hybridized carbons (Fsp3) is 0.333. The van der Waals surface area contributed by atoms with Crippen LogP contribution in [-0.2, 0) is 4.79 Å². The molecule has 90 valence electrons. The van der Waals surface area contributed by atoms with E-state index in [1.54, 1.807) is 18.2 Å². The highest BCUT2D eigenvalue weighted by molar-refractivity contribution is 5.90. The molecule has 0 aliphatic heterocycles. The van der Waals surface area contributed by atoms with Gasteiger partial charge in [0, 0.05) is 0 Å². The fourth-order valence-corrected chi connectivity index (χ4v) is 2.17. The monoisotopic (exact) mass is 235 g/mol. The zero-order valence-electron chi connectivity index (χ0n) is 9.04. The van der Waals surface area contributed by atoms with E-state index in [4.69, 9.17) is 15.9 Å². The van der Waals surface area contributed by atoms with Crippen LogP contribution in [-0.4, -0.2) is 28.2 Å². The van der Waals surface area contributed by atoms with Gasteiger partial charge in [-0.2, -0.15) is 0 Å². The molecule has 1 fully saturated rings. The Hall–Kier alpha value is -1.88. The van der Waals surface area contributed by atoms with Crippen LogP contribution in [0, 0.1) is 5.92 Å². The summed E-state index contributed by atoms with van der Waals surface area (Å²) in [5.74, 6) is -2.23. The molecule has 1 aliphatic rings. The fourth-order valence-electron chi connectivity index (χ4n) is 2.17. The van der Waals surface area contributed by atoms with Crippen LogP contribution in [0.2, 0.25) is 0 Å². The average Bonchev–Trinajstić information content (AvgIpc) is 3.07. The Morgan fingerprint density at radius 3 is 2.53 bits per heavy atom. The number of carbonyl (C=O) groups is 2. The Morgan fingerprint density at radius 2 is 1.94 bits per heavy atom. The highest BCUT2D eigenvalue weighted by Gasteiger charge is 2.46. The van der Waals surface area contributed by atoms with E-state index in [1.807, 2.05) is 0 Å². The Balaban J connectivity index is 2.21. The first-order chi connectivity index (χ1) is 8.02. The van der Waals surface area contributed by atoms with Gasteiger partial charge in [0.1, 0.15) is 6.04 Å². The van der Waals surface area contributed by atoms with Gasteiger partial charge in [0.25, 0.3) is 0 Å². The zero-order valence-corrected chi connectivity index (χ0v) is 9.04. The molecule has 0 aromatic heterocycles. The van der Waals surface area contributed by atoms with Gasteiger partial charge in [-0.15, -0.1) is 0 Å². The highest BCUT2D eigenvalue weighted by Crippen LogP contribution is 2.50. The lowest BCUT2D eigenvalue weighted by atomic mass is 10.0. The molecule has 5 heteroatoms. The summed E-state index contributed by atoms with van der Waals surface area (Å²) >= 11 is 0. The van der Waals surface area contributed by atoms with Crippen LogP contribution in [0.15, 0.2) is 24.3 Å². The Bertz CT molecular complexity index is 471. The molecule has 0 radical (unpaired) electrons. The van der Waals surface area contributed by atoms with Crippen molar-refractivity contribution in [1.82, 2.24) is 0 Å². The summed E-state index contributed by atoms with van der Waals surface area (Å²) in [4.78, 5) is 21.8. The molecule has 1 unspecified atom stereocenters. The predicted octanol–water partition coefficient (Wildman–Crippen LogP) is 0.900. The van der Waals surface area contributed by atoms with Crippen molar-refractivity contribution in [3.63, 3.8) is 0 Å². The molecule has 1 aliphatic carbocycles. The number of carboxylic acid groups (broad SMARTS) is 2. The maximum absolute atomic E-state index is 11.0. The third kappa shape index (κ3) is 2.14. The van der Waals surface area contributed by atoms with E-state index in [0.29, 0.717) is 12.0 Å². The first-order valence-electron chi connectivity index (χ1n) is 5.33. The summed E-state index contributed by atoms with van der Waals surface area (Å²) in [6.45, 7) is 0. The summed E-state index contributed by atoms with van der Waals surface area (Å²) in [6.07, 6.45) is 0.637. The van der Waals surface area contributed by atoms with Crippen LogP contribution in [0.5, 0.6) is 0 Å². The lowest BCUT2D eigenvalue weighted by Gasteiger charge is -2.07. The number of benzene rings is 1. The molecule has 2 rings (SSSR count). The third-order valence-corrected chi connectivity index (χ3v) is 3.18. The molecule has 0 bridgehead atoms. The molecule has 0 spiro atoms. The second kappa shape index (κ2) is 4.18. The van der Waals surface area contributed by atoms with Gasteiger partial charge in [-0.3, -0.25) is 4.79 Å². The molecule has 5 nitrogen and oxygen atoms in total. The number of hydrogen-bond acceptors (Lipinski definition) is 3. The lowest BCUT2D eigenvalue weighted by Crippen LogP contribution is -2.32. The minimum atomic E-state index is -1.04. The molecular weight excluding hydrogens is 222 g/mol. The van der Waals surface area contributed by atoms with E-state index in [0.717, 1.165) is 0 Å². The van der Waals surface area contributed by atoms with Gasteiger partial charge in [0.05, 0.1) is 5.56 Å². The number of hydrogen-bond donors (Lipinski definition) is 3. The van der Waals surface area contributed by atoms with E-state index in [9.17, 15) is 9.59 Å². The standard InChI is InChI=1S/C12H13NO4/c13-10(12(16)17)9-5-8(9)6-3-1-2-4-7(6)11(14)15/h1-4,8-10H,5,13H2,(H,14,15)(H,16,17)/t8?,9-,10-/m1/s1. The Labute approximate surface area is 97.9 Å². The number of aliphatic carboxylic acids is 1. The van der Waals surface area contributed by atoms with Gasteiger partial charge in [-0.05, 0) is 29.9 Å². The normalized spacial score (nSPS) is 24.1. The molecule has 0 amide bonds. The van der Waals surface area contributed by atoms with Gasteiger partial charge < -0.3 is 15.9 Å². The molecule has 3 atom stereocenters. The molecule has 1 aromatic rings. The van der Waals surface area contributed by atoms with Crippen molar-refractivity contribution in [2.75, 3.05) is 0 Å². The zero-order chi connectivity index (χ0) is 12.6. The summed E-state index contributed by atoms with van der Waals surface area (Å²) in [6, 6.07) is 5.74. The molecular formula is C12H13NO4. The first-order valence-corrected chi connectivity index (χ1v) is 5.33. The number of carboxylic acids is 2. The quantitative estimate of drug-likeness (QED) is 0.719. The van der Waals surface area contributed by atoms with Gasteiger partial charge in [0.15, 0.2) is 0 Å². The van der Waals surface area contributed by atoms with Gasteiger partial charge in [-0.1, -0.05) is 18.2 Å². The van der Waals surface area contributed by atoms with Crippen LogP contribution in [0.4, 0.5) is 0 Å². The van der Waals surface area contributed by atoms with Crippen molar-refractivity contribution >= 4 is 11.9 Å². The van der Waals surface area contributed by atoms with Crippen molar-refractivity contribution in [3.05, 3.63) is 35.4 Å². The topological polar surface area (TPSA) is 101 Å². The van der Waals surface area contributed by atoms with Crippen LogP contribution >= 0.6 is 0 Å². The van der Waals surface area contributed by atoms with Crippen molar-refractivity contribution in [1.29, 1.82) is 0 Å². The van der Waals surface area contributed by atoms with Crippen molar-refractivity contribution in [2.45, 2.75) is 18.4 Å². The van der Waals surface area contributed by atoms with E-state index in [2.05, 4.69) is 0 Å². The molecule has 1 aromatic carbocycles. The predicted molar refractivity (Wildman–Crippen MR) is 59.9 cm³/mol. The number of rotatable bonds is 4. The lowest BCUT2D eigenvalue weighted by molar-refractivity contribution is -0.139. The SMILES string of the molecule is N[C@@H](C(=O)O)[C@@H]1CC1c1ccccc1C(=O)O. The molecule has 0 heterocycles. The number of nitrogens with two attached hydrogens (primary N) is 1. The maximum Gasteiger partial charge on any atom is 0.335 e. The van der Waals surface area contributed by atoms with Crippen molar-refractivity contribution in [3.8, 4) is 0 Å². The van der Waals surface area contributed by atoms with Crippen LogP contribution in [0.1, 0.15) is 28.3 Å². The summed E-state index contributed by atoms with van der Waals surface area (Å²) in [5.41, 5.74) is 6.44.